The van der Waals surface area contributed by atoms with E-state index in [-0.39, 0.29) is 24.9 Å². The lowest BCUT2D eigenvalue weighted by molar-refractivity contribution is -0.145. The van der Waals surface area contributed by atoms with Crippen LogP contribution in [0.25, 0.3) is 0 Å². The van der Waals surface area contributed by atoms with E-state index in [2.05, 4.69) is 5.32 Å². The van der Waals surface area contributed by atoms with Gasteiger partial charge in [0.05, 0.1) is 31.2 Å². The molecule has 7 heteroatoms. The van der Waals surface area contributed by atoms with Gasteiger partial charge in [-0.15, -0.1) is 12.4 Å². The number of ether oxygens (including phenoxy) is 1. The Morgan fingerprint density at radius 3 is 2.50 bits per heavy atom. The Morgan fingerprint density at radius 1 is 1.29 bits per heavy atom. The lowest BCUT2D eigenvalue weighted by Crippen LogP contribution is -2.36. The van der Waals surface area contributed by atoms with E-state index in [9.17, 15) is 9.59 Å². The Kier molecular flexibility index (Phi) is 7.48. The number of halogens is 1. The molecule has 0 aliphatic rings. The fourth-order valence-corrected chi connectivity index (χ4v) is 2.31. The van der Waals surface area contributed by atoms with Gasteiger partial charge in [0.1, 0.15) is 12.0 Å². The van der Waals surface area contributed by atoms with Crippen molar-refractivity contribution in [3.05, 3.63) is 59.5 Å². The molecular formula is C17H21ClN2O4. The zero-order valence-corrected chi connectivity index (χ0v) is 14.3. The number of methoxy groups -OCH3 is 1. The second kappa shape index (κ2) is 9.10. The van der Waals surface area contributed by atoms with Crippen LogP contribution >= 0.6 is 12.4 Å². The van der Waals surface area contributed by atoms with E-state index in [1.165, 1.54) is 13.4 Å². The molecule has 0 bridgehead atoms. The molecule has 0 saturated carbocycles. The minimum Gasteiger partial charge on any atom is -0.469 e. The zero-order chi connectivity index (χ0) is 16.8. The van der Waals surface area contributed by atoms with E-state index in [4.69, 9.17) is 14.9 Å². The van der Waals surface area contributed by atoms with E-state index < -0.39 is 17.9 Å². The second-order valence-corrected chi connectivity index (χ2v) is 5.18. The molecule has 0 saturated heterocycles. The molecule has 1 aromatic carbocycles. The van der Waals surface area contributed by atoms with Crippen LogP contribution in [-0.2, 0) is 16.1 Å². The molecule has 2 atom stereocenters. The van der Waals surface area contributed by atoms with Crippen LogP contribution in [0.3, 0.4) is 0 Å². The van der Waals surface area contributed by atoms with Crippen LogP contribution in [0.4, 0.5) is 0 Å². The quantitative estimate of drug-likeness (QED) is 0.779. The van der Waals surface area contributed by atoms with Gasteiger partial charge in [-0.25, -0.2) is 0 Å². The maximum atomic E-state index is 12.4. The first-order valence-corrected chi connectivity index (χ1v) is 7.28. The summed E-state index contributed by atoms with van der Waals surface area (Å²) in [6.45, 7) is 1.93. The van der Waals surface area contributed by atoms with Gasteiger partial charge >= 0.3 is 5.97 Å². The van der Waals surface area contributed by atoms with Crippen molar-refractivity contribution in [2.75, 3.05) is 7.11 Å². The topological polar surface area (TPSA) is 94.6 Å². The predicted octanol–water partition coefficient (Wildman–Crippen LogP) is 2.44. The first kappa shape index (κ1) is 19.7. The van der Waals surface area contributed by atoms with Crippen molar-refractivity contribution in [2.45, 2.75) is 19.5 Å². The van der Waals surface area contributed by atoms with Crippen LogP contribution < -0.4 is 11.1 Å². The first-order valence-electron chi connectivity index (χ1n) is 7.28. The molecule has 1 aromatic heterocycles. The van der Waals surface area contributed by atoms with Crippen LogP contribution in [0.1, 0.15) is 34.6 Å². The van der Waals surface area contributed by atoms with Crippen LogP contribution in [0, 0.1) is 5.92 Å². The van der Waals surface area contributed by atoms with E-state index >= 15 is 0 Å². The van der Waals surface area contributed by atoms with E-state index in [0.717, 1.165) is 5.56 Å². The normalized spacial score (nSPS) is 12.6. The van der Waals surface area contributed by atoms with Crippen LogP contribution in [0.2, 0.25) is 0 Å². The van der Waals surface area contributed by atoms with Crippen molar-refractivity contribution in [1.29, 1.82) is 0 Å². The zero-order valence-electron chi connectivity index (χ0n) is 13.5. The molecule has 130 valence electrons. The van der Waals surface area contributed by atoms with Crippen molar-refractivity contribution >= 4 is 24.3 Å². The monoisotopic (exact) mass is 352 g/mol. The van der Waals surface area contributed by atoms with Crippen molar-refractivity contribution in [2.24, 2.45) is 11.7 Å². The summed E-state index contributed by atoms with van der Waals surface area (Å²) in [5.41, 5.74) is 6.66. The van der Waals surface area contributed by atoms with Gasteiger partial charge in [-0.05, 0) is 18.6 Å². The molecule has 24 heavy (non-hydrogen) atoms. The minimum absolute atomic E-state index is 0. The van der Waals surface area contributed by atoms with Gasteiger partial charge in [0.15, 0.2) is 0 Å². The molecule has 0 aliphatic carbocycles. The van der Waals surface area contributed by atoms with Crippen molar-refractivity contribution in [3.63, 3.8) is 0 Å². The highest BCUT2D eigenvalue weighted by Gasteiger charge is 2.28. The third-order valence-corrected chi connectivity index (χ3v) is 3.64. The Balaban J connectivity index is 0.00000288. The Morgan fingerprint density at radius 2 is 1.96 bits per heavy atom. The third-order valence-electron chi connectivity index (χ3n) is 3.64. The van der Waals surface area contributed by atoms with E-state index in [1.54, 1.807) is 13.0 Å². The highest BCUT2D eigenvalue weighted by atomic mass is 35.5. The number of esters is 1. The van der Waals surface area contributed by atoms with Gasteiger partial charge in [0, 0.05) is 0 Å². The van der Waals surface area contributed by atoms with Crippen molar-refractivity contribution in [3.8, 4) is 0 Å². The fourth-order valence-electron chi connectivity index (χ4n) is 2.31. The Hall–Kier alpha value is -2.31. The predicted molar refractivity (Wildman–Crippen MR) is 91.7 cm³/mol. The summed E-state index contributed by atoms with van der Waals surface area (Å²) in [6, 6.07) is 10.4. The number of nitrogens with one attached hydrogen (secondary N) is 1. The molecule has 2 unspecified atom stereocenters. The van der Waals surface area contributed by atoms with Gasteiger partial charge in [-0.2, -0.15) is 0 Å². The molecule has 2 aromatic rings. The second-order valence-electron chi connectivity index (χ2n) is 5.18. The number of benzene rings is 1. The molecule has 0 fully saturated rings. The Labute approximate surface area is 146 Å². The third kappa shape index (κ3) is 4.59. The van der Waals surface area contributed by atoms with Crippen LogP contribution in [-0.4, -0.2) is 19.0 Å². The van der Waals surface area contributed by atoms with Crippen LogP contribution in [0.15, 0.2) is 47.1 Å². The molecular weight excluding hydrogens is 332 g/mol. The SMILES string of the molecule is COC(=O)C(C)C(NC(=O)c1coc(CN)c1)c1ccccc1.Cl. The molecule has 1 amide bonds. The number of rotatable bonds is 6. The number of furan rings is 1. The standard InChI is InChI=1S/C17H20N2O4.ClH/c1-11(17(21)22-2)15(12-6-4-3-5-7-12)19-16(20)13-8-14(9-18)23-10-13;/h3-8,10-11,15H,9,18H2,1-2H3,(H,19,20);1H. The lowest BCUT2D eigenvalue weighted by atomic mass is 9.94. The summed E-state index contributed by atoms with van der Waals surface area (Å²) < 4.78 is 9.97. The highest BCUT2D eigenvalue weighted by molar-refractivity contribution is 5.94. The smallest absolute Gasteiger partial charge is 0.310 e. The number of amides is 1. The van der Waals surface area contributed by atoms with Gasteiger partial charge in [0.25, 0.3) is 5.91 Å². The molecule has 0 spiro atoms. The summed E-state index contributed by atoms with van der Waals surface area (Å²) in [5.74, 6) is -0.744. The summed E-state index contributed by atoms with van der Waals surface area (Å²) >= 11 is 0. The minimum atomic E-state index is -0.535. The Bertz CT molecular complexity index is 672. The van der Waals surface area contributed by atoms with E-state index in [1.807, 2.05) is 30.3 Å². The lowest BCUT2D eigenvalue weighted by Gasteiger charge is -2.23. The van der Waals surface area contributed by atoms with Gasteiger partial charge < -0.3 is 20.2 Å². The van der Waals surface area contributed by atoms with Gasteiger partial charge in [-0.3, -0.25) is 9.59 Å². The summed E-state index contributed by atoms with van der Waals surface area (Å²) in [7, 11) is 1.33. The number of nitrogens with two attached hydrogens (primary N) is 1. The number of carbonyl (C=O) groups is 2. The summed E-state index contributed by atoms with van der Waals surface area (Å²) in [4.78, 5) is 24.3. The number of hydrogen-bond donors (Lipinski definition) is 2. The fraction of sp³-hybridized carbons (Fsp3) is 0.294. The largest absolute Gasteiger partial charge is 0.469 e. The molecule has 3 N–H and O–H groups in total. The maximum absolute atomic E-state index is 12.4. The molecule has 6 nitrogen and oxygen atoms in total. The highest BCUT2D eigenvalue weighted by Crippen LogP contribution is 2.23. The molecule has 1 heterocycles. The summed E-state index contributed by atoms with van der Waals surface area (Å²) in [6.07, 6.45) is 1.35. The average molecular weight is 353 g/mol. The molecule has 2 rings (SSSR count). The van der Waals surface area contributed by atoms with Crippen molar-refractivity contribution in [1.82, 2.24) is 5.32 Å². The van der Waals surface area contributed by atoms with Gasteiger partial charge in [0.2, 0.25) is 0 Å². The molecule has 0 aliphatic heterocycles. The van der Waals surface area contributed by atoms with Crippen molar-refractivity contribution < 1.29 is 18.7 Å². The van der Waals surface area contributed by atoms with Crippen LogP contribution in [0.5, 0.6) is 0 Å². The number of hydrogen-bond acceptors (Lipinski definition) is 5. The maximum Gasteiger partial charge on any atom is 0.310 e. The van der Waals surface area contributed by atoms with E-state index in [0.29, 0.717) is 11.3 Å². The number of carbonyl (C=O) groups excluding carboxylic acids is 2. The molecule has 0 radical (unpaired) electrons. The average Bonchev–Trinajstić information content (AvgIpc) is 3.08. The summed E-state index contributed by atoms with van der Waals surface area (Å²) in [5, 5.41) is 2.86. The van der Waals surface area contributed by atoms with Gasteiger partial charge in [-0.1, -0.05) is 30.3 Å². The first-order chi connectivity index (χ1) is 11.1.